The Morgan fingerprint density at radius 3 is 2.19 bits per heavy atom. The summed E-state index contributed by atoms with van der Waals surface area (Å²) in [7, 11) is 1.64. The van der Waals surface area contributed by atoms with Crippen molar-refractivity contribution in [2.75, 3.05) is 13.7 Å². The van der Waals surface area contributed by atoms with Gasteiger partial charge in [-0.3, -0.25) is 0 Å². The number of halogens is 1. The Morgan fingerprint density at radius 2 is 1.75 bits per heavy atom. The molecule has 0 spiro atoms. The predicted octanol–water partition coefficient (Wildman–Crippen LogP) is 2.23. The lowest BCUT2D eigenvalue weighted by Crippen LogP contribution is -2.23. The van der Waals surface area contributed by atoms with Crippen molar-refractivity contribution in [3.63, 3.8) is 0 Å². The highest BCUT2D eigenvalue weighted by Crippen LogP contribution is 2.38. The largest absolute Gasteiger partial charge is 0.496 e. The molecule has 0 amide bonds. The Labute approximate surface area is 102 Å². The molecule has 0 aliphatic carbocycles. The zero-order valence-corrected chi connectivity index (χ0v) is 11.0. The summed E-state index contributed by atoms with van der Waals surface area (Å²) in [5.41, 5.74) is 15.5. The van der Waals surface area contributed by atoms with Gasteiger partial charge in [0.2, 0.25) is 0 Å². The minimum absolute atomic E-state index is 0.244. The van der Waals surface area contributed by atoms with Gasteiger partial charge >= 0.3 is 0 Å². The van der Waals surface area contributed by atoms with Crippen molar-refractivity contribution >= 4 is 11.6 Å². The molecule has 4 N–H and O–H groups in total. The van der Waals surface area contributed by atoms with E-state index >= 15 is 0 Å². The van der Waals surface area contributed by atoms with E-state index in [2.05, 4.69) is 0 Å². The molecule has 0 aliphatic rings. The van der Waals surface area contributed by atoms with E-state index in [-0.39, 0.29) is 6.04 Å². The van der Waals surface area contributed by atoms with Gasteiger partial charge in [-0.05, 0) is 37.5 Å². The molecule has 4 heteroatoms. The van der Waals surface area contributed by atoms with Crippen LogP contribution in [0.4, 0.5) is 0 Å². The van der Waals surface area contributed by atoms with E-state index in [4.69, 9.17) is 27.8 Å². The van der Waals surface area contributed by atoms with E-state index in [9.17, 15) is 0 Å². The van der Waals surface area contributed by atoms with Gasteiger partial charge in [0.15, 0.2) is 0 Å². The highest BCUT2D eigenvalue weighted by molar-refractivity contribution is 6.32. The van der Waals surface area contributed by atoms with Crippen molar-refractivity contribution in [1.29, 1.82) is 0 Å². The molecule has 90 valence electrons. The lowest BCUT2D eigenvalue weighted by molar-refractivity contribution is 0.402. The molecular weight excluding hydrogens is 224 g/mol. The first-order valence-electron chi connectivity index (χ1n) is 5.24. The summed E-state index contributed by atoms with van der Waals surface area (Å²) in [5.74, 6) is 0.803. The molecule has 0 bridgehead atoms. The quantitative estimate of drug-likeness (QED) is 0.855. The molecule has 0 fully saturated rings. The molecule has 3 nitrogen and oxygen atoms in total. The van der Waals surface area contributed by atoms with Gasteiger partial charge in [-0.15, -0.1) is 0 Å². The minimum Gasteiger partial charge on any atom is -0.496 e. The lowest BCUT2D eigenvalue weighted by Gasteiger charge is -2.22. The highest BCUT2D eigenvalue weighted by Gasteiger charge is 2.20. The number of ether oxygens (including phenoxy) is 1. The molecule has 1 rings (SSSR count). The predicted molar refractivity (Wildman–Crippen MR) is 68.2 cm³/mol. The van der Waals surface area contributed by atoms with Crippen LogP contribution in [0.15, 0.2) is 0 Å². The second kappa shape index (κ2) is 5.04. The van der Waals surface area contributed by atoms with Crippen molar-refractivity contribution in [2.45, 2.75) is 26.8 Å². The summed E-state index contributed by atoms with van der Waals surface area (Å²) in [6.45, 7) is 6.27. The van der Waals surface area contributed by atoms with Crippen LogP contribution in [-0.4, -0.2) is 13.7 Å². The van der Waals surface area contributed by atoms with E-state index in [1.807, 2.05) is 20.8 Å². The van der Waals surface area contributed by atoms with Gasteiger partial charge in [0, 0.05) is 23.2 Å². The topological polar surface area (TPSA) is 61.3 Å². The molecule has 1 unspecified atom stereocenters. The Kier molecular flexibility index (Phi) is 4.19. The molecular formula is C12H19ClN2O. The molecule has 0 heterocycles. The zero-order valence-electron chi connectivity index (χ0n) is 10.2. The average molecular weight is 243 g/mol. The Morgan fingerprint density at radius 1 is 1.19 bits per heavy atom. The number of hydrogen-bond donors (Lipinski definition) is 2. The van der Waals surface area contributed by atoms with Crippen LogP contribution in [0, 0.1) is 20.8 Å². The molecule has 1 aromatic carbocycles. The summed E-state index contributed by atoms with van der Waals surface area (Å²) in [6.07, 6.45) is 0. The number of methoxy groups -OCH3 is 1. The van der Waals surface area contributed by atoms with Crippen molar-refractivity contribution in [1.82, 2.24) is 0 Å². The van der Waals surface area contributed by atoms with E-state index in [1.54, 1.807) is 7.11 Å². The van der Waals surface area contributed by atoms with Crippen LogP contribution in [0.25, 0.3) is 0 Å². The normalized spacial score (nSPS) is 12.7. The first-order valence-corrected chi connectivity index (χ1v) is 5.62. The van der Waals surface area contributed by atoms with Crippen molar-refractivity contribution in [3.8, 4) is 5.75 Å². The van der Waals surface area contributed by atoms with Crippen LogP contribution in [0.3, 0.4) is 0 Å². The van der Waals surface area contributed by atoms with Gasteiger partial charge in [0.25, 0.3) is 0 Å². The van der Waals surface area contributed by atoms with Crippen LogP contribution < -0.4 is 16.2 Å². The van der Waals surface area contributed by atoms with Gasteiger partial charge in [0.05, 0.1) is 7.11 Å². The minimum atomic E-state index is -0.244. The summed E-state index contributed by atoms with van der Waals surface area (Å²) < 4.78 is 5.42. The SMILES string of the molecule is COc1c(C)c(C)c(Cl)c(C)c1C(N)CN. The highest BCUT2D eigenvalue weighted by atomic mass is 35.5. The summed E-state index contributed by atoms with van der Waals surface area (Å²) in [5, 5.41) is 0.747. The van der Waals surface area contributed by atoms with Gasteiger partial charge in [-0.2, -0.15) is 0 Å². The number of benzene rings is 1. The van der Waals surface area contributed by atoms with Crippen molar-refractivity contribution in [3.05, 3.63) is 27.3 Å². The van der Waals surface area contributed by atoms with Gasteiger partial charge in [0.1, 0.15) is 5.75 Å². The maximum atomic E-state index is 6.27. The average Bonchev–Trinajstić information content (AvgIpc) is 2.29. The van der Waals surface area contributed by atoms with Gasteiger partial charge < -0.3 is 16.2 Å². The number of rotatable bonds is 3. The smallest absolute Gasteiger partial charge is 0.127 e. The zero-order chi connectivity index (χ0) is 12.5. The standard InChI is InChI=1S/C12H19ClN2O/c1-6-7(2)12(16-4)10(9(15)5-14)8(3)11(6)13/h9H,5,14-15H2,1-4H3. The van der Waals surface area contributed by atoms with Crippen molar-refractivity contribution in [2.24, 2.45) is 11.5 Å². The maximum Gasteiger partial charge on any atom is 0.127 e. The summed E-state index contributed by atoms with van der Waals surface area (Å²) in [4.78, 5) is 0. The Bertz CT molecular complexity index is 405. The summed E-state index contributed by atoms with van der Waals surface area (Å²) in [6, 6.07) is -0.244. The third-order valence-corrected chi connectivity index (χ3v) is 3.61. The van der Waals surface area contributed by atoms with Crippen LogP contribution in [0.2, 0.25) is 5.02 Å². The van der Waals surface area contributed by atoms with E-state index in [0.717, 1.165) is 33.0 Å². The fourth-order valence-corrected chi connectivity index (χ4v) is 2.18. The first-order chi connectivity index (χ1) is 7.45. The van der Waals surface area contributed by atoms with Crippen LogP contribution in [0.5, 0.6) is 5.75 Å². The molecule has 0 aliphatic heterocycles. The van der Waals surface area contributed by atoms with E-state index in [0.29, 0.717) is 6.54 Å². The maximum absolute atomic E-state index is 6.27. The number of hydrogen-bond acceptors (Lipinski definition) is 3. The fourth-order valence-electron chi connectivity index (χ4n) is 1.93. The first kappa shape index (κ1) is 13.3. The molecule has 0 radical (unpaired) electrons. The number of nitrogens with two attached hydrogens (primary N) is 2. The van der Waals surface area contributed by atoms with Crippen LogP contribution >= 0.6 is 11.6 Å². The Hall–Kier alpha value is -0.770. The Balaban J connectivity index is 3.57. The molecule has 16 heavy (non-hydrogen) atoms. The van der Waals surface area contributed by atoms with Crippen LogP contribution in [0.1, 0.15) is 28.3 Å². The monoisotopic (exact) mass is 242 g/mol. The van der Waals surface area contributed by atoms with Gasteiger partial charge in [-0.25, -0.2) is 0 Å². The molecule has 1 atom stereocenters. The van der Waals surface area contributed by atoms with Crippen LogP contribution in [-0.2, 0) is 0 Å². The molecule has 0 saturated carbocycles. The third-order valence-electron chi connectivity index (χ3n) is 3.04. The second-order valence-electron chi connectivity index (χ2n) is 3.98. The van der Waals surface area contributed by atoms with E-state index in [1.165, 1.54) is 0 Å². The third kappa shape index (κ3) is 2.03. The second-order valence-corrected chi connectivity index (χ2v) is 4.36. The summed E-state index contributed by atoms with van der Waals surface area (Å²) >= 11 is 6.27. The van der Waals surface area contributed by atoms with E-state index < -0.39 is 0 Å². The van der Waals surface area contributed by atoms with Gasteiger partial charge in [-0.1, -0.05) is 11.6 Å². The molecule has 0 aromatic heterocycles. The molecule has 1 aromatic rings. The van der Waals surface area contributed by atoms with Crippen molar-refractivity contribution < 1.29 is 4.74 Å². The lowest BCUT2D eigenvalue weighted by atomic mass is 9.94. The fraction of sp³-hybridized carbons (Fsp3) is 0.500. The molecule has 0 saturated heterocycles.